The predicted molar refractivity (Wildman–Crippen MR) is 76.2 cm³/mol. The first-order valence-electron chi connectivity index (χ1n) is 5.61. The molecule has 0 fully saturated rings. The van der Waals surface area contributed by atoms with Gasteiger partial charge in [-0.25, -0.2) is 0 Å². The van der Waals surface area contributed by atoms with E-state index >= 15 is 0 Å². The van der Waals surface area contributed by atoms with E-state index in [0.29, 0.717) is 5.57 Å². The quantitative estimate of drug-likeness (QED) is 0.777. The fourth-order valence-corrected chi connectivity index (χ4v) is 2.43. The summed E-state index contributed by atoms with van der Waals surface area (Å²) >= 11 is 3.43. The van der Waals surface area contributed by atoms with Crippen LogP contribution < -0.4 is 5.32 Å². The fourth-order valence-electron chi connectivity index (χ4n) is 2.07. The topological polar surface area (TPSA) is 44.9 Å². The molecule has 3 nitrogen and oxygen atoms in total. The third kappa shape index (κ3) is 1.88. The number of aromatic amines is 1. The smallest absolute Gasteiger partial charge is 0.256 e. The number of aromatic nitrogens is 1. The van der Waals surface area contributed by atoms with Crippen LogP contribution in [0.2, 0.25) is 0 Å². The lowest BCUT2D eigenvalue weighted by Crippen LogP contribution is -2.03. The molecule has 0 bridgehead atoms. The molecule has 18 heavy (non-hydrogen) atoms. The Balaban J connectivity index is 2.11. The van der Waals surface area contributed by atoms with Crippen molar-refractivity contribution >= 4 is 39.2 Å². The zero-order valence-electron chi connectivity index (χ0n) is 9.75. The average Bonchev–Trinajstić information content (AvgIpc) is 2.86. The van der Waals surface area contributed by atoms with Crippen molar-refractivity contribution in [2.75, 3.05) is 5.32 Å². The lowest BCUT2D eigenvalue weighted by molar-refractivity contribution is -0.110. The van der Waals surface area contributed by atoms with Gasteiger partial charge >= 0.3 is 0 Å². The van der Waals surface area contributed by atoms with Crippen LogP contribution in [0.4, 0.5) is 5.69 Å². The van der Waals surface area contributed by atoms with Gasteiger partial charge in [-0.15, -0.1) is 0 Å². The van der Waals surface area contributed by atoms with Gasteiger partial charge in [0, 0.05) is 27.6 Å². The van der Waals surface area contributed by atoms with Crippen LogP contribution >= 0.6 is 15.9 Å². The molecule has 0 unspecified atom stereocenters. The Morgan fingerprint density at radius 2 is 2.11 bits per heavy atom. The standard InChI is InChI=1S/C14H11BrN2O/c1-8-4-10(16-7-8)6-12-11-5-9(15)2-3-13(11)17-14(12)18/h2-7,16H,1H3,(H,17,18). The third-order valence-electron chi connectivity index (χ3n) is 2.91. The van der Waals surface area contributed by atoms with Crippen LogP contribution in [-0.2, 0) is 4.79 Å². The van der Waals surface area contributed by atoms with Gasteiger partial charge < -0.3 is 10.3 Å². The number of hydrogen-bond acceptors (Lipinski definition) is 1. The number of fused-ring (bicyclic) bond motifs is 1. The molecule has 4 heteroatoms. The second-order valence-corrected chi connectivity index (χ2v) is 5.25. The fraction of sp³-hybridized carbons (Fsp3) is 0.0714. The van der Waals surface area contributed by atoms with E-state index in [4.69, 9.17) is 0 Å². The largest absolute Gasteiger partial charge is 0.361 e. The summed E-state index contributed by atoms with van der Waals surface area (Å²) in [4.78, 5) is 15.1. The van der Waals surface area contributed by atoms with Gasteiger partial charge in [0.15, 0.2) is 0 Å². The molecule has 0 saturated carbocycles. The van der Waals surface area contributed by atoms with Crippen molar-refractivity contribution in [1.29, 1.82) is 0 Å². The predicted octanol–water partition coefficient (Wildman–Crippen LogP) is 3.58. The molecule has 0 aliphatic carbocycles. The molecule has 0 saturated heterocycles. The SMILES string of the molecule is Cc1c[nH]c(C=C2C(=O)Nc3ccc(Br)cc32)c1. The van der Waals surface area contributed by atoms with Gasteiger partial charge in [-0.2, -0.15) is 0 Å². The highest BCUT2D eigenvalue weighted by Gasteiger charge is 2.24. The molecule has 0 spiro atoms. The maximum Gasteiger partial charge on any atom is 0.256 e. The Morgan fingerprint density at radius 3 is 2.83 bits per heavy atom. The first kappa shape index (κ1) is 11.3. The first-order valence-corrected chi connectivity index (χ1v) is 6.41. The van der Waals surface area contributed by atoms with Crippen molar-refractivity contribution in [3.8, 4) is 0 Å². The van der Waals surface area contributed by atoms with Gasteiger partial charge in [-0.3, -0.25) is 4.79 Å². The number of H-pyrrole nitrogens is 1. The number of benzene rings is 1. The van der Waals surface area contributed by atoms with Crippen LogP contribution in [0.1, 0.15) is 16.8 Å². The van der Waals surface area contributed by atoms with Gasteiger partial charge in [-0.1, -0.05) is 15.9 Å². The molecule has 1 aromatic heterocycles. The van der Waals surface area contributed by atoms with E-state index in [1.165, 1.54) is 0 Å². The number of anilines is 1. The number of hydrogen-bond donors (Lipinski definition) is 2. The zero-order valence-corrected chi connectivity index (χ0v) is 11.3. The van der Waals surface area contributed by atoms with Crippen LogP contribution in [0.15, 0.2) is 34.9 Å². The molecular weight excluding hydrogens is 292 g/mol. The Hall–Kier alpha value is -1.81. The van der Waals surface area contributed by atoms with Crippen molar-refractivity contribution in [2.24, 2.45) is 0 Å². The van der Waals surface area contributed by atoms with Crippen molar-refractivity contribution < 1.29 is 4.79 Å². The van der Waals surface area contributed by atoms with E-state index in [2.05, 4.69) is 26.2 Å². The second-order valence-electron chi connectivity index (χ2n) is 4.33. The highest BCUT2D eigenvalue weighted by Crippen LogP contribution is 2.34. The molecule has 1 aliphatic rings. The summed E-state index contributed by atoms with van der Waals surface area (Å²) in [7, 11) is 0. The number of carbonyl (C=O) groups excluding carboxylic acids is 1. The summed E-state index contributed by atoms with van der Waals surface area (Å²) in [6, 6.07) is 7.78. The molecule has 2 N–H and O–H groups in total. The van der Waals surface area contributed by atoms with E-state index in [9.17, 15) is 4.79 Å². The third-order valence-corrected chi connectivity index (χ3v) is 3.41. The normalized spacial score (nSPS) is 15.9. The molecule has 0 radical (unpaired) electrons. The number of halogens is 1. The van der Waals surface area contributed by atoms with Crippen LogP contribution in [0.25, 0.3) is 11.6 Å². The van der Waals surface area contributed by atoms with Gasteiger partial charge in [-0.05, 0) is 42.8 Å². The van der Waals surface area contributed by atoms with E-state index in [-0.39, 0.29) is 5.91 Å². The summed E-state index contributed by atoms with van der Waals surface area (Å²) in [6.07, 6.45) is 3.79. The molecule has 3 rings (SSSR count). The van der Waals surface area contributed by atoms with Crippen LogP contribution in [-0.4, -0.2) is 10.9 Å². The number of rotatable bonds is 1. The van der Waals surface area contributed by atoms with Crippen molar-refractivity contribution in [3.05, 3.63) is 51.8 Å². The maximum atomic E-state index is 11.9. The number of carbonyl (C=O) groups is 1. The Labute approximate surface area is 113 Å². The minimum Gasteiger partial charge on any atom is -0.361 e. The van der Waals surface area contributed by atoms with Gasteiger partial charge in [0.1, 0.15) is 0 Å². The van der Waals surface area contributed by atoms with Gasteiger partial charge in [0.25, 0.3) is 5.91 Å². The molecule has 2 aromatic rings. The van der Waals surface area contributed by atoms with Crippen molar-refractivity contribution in [3.63, 3.8) is 0 Å². The Bertz CT molecular complexity index is 670. The molecule has 2 heterocycles. The molecule has 1 aliphatic heterocycles. The highest BCUT2D eigenvalue weighted by atomic mass is 79.9. The van der Waals surface area contributed by atoms with Crippen molar-refractivity contribution in [2.45, 2.75) is 6.92 Å². The van der Waals surface area contributed by atoms with E-state index in [1.807, 2.05) is 43.5 Å². The molecule has 1 amide bonds. The second kappa shape index (κ2) is 4.14. The number of amides is 1. The number of aryl methyl sites for hydroxylation is 1. The maximum absolute atomic E-state index is 11.9. The van der Waals surface area contributed by atoms with E-state index < -0.39 is 0 Å². The lowest BCUT2D eigenvalue weighted by atomic mass is 10.1. The van der Waals surface area contributed by atoms with E-state index in [1.54, 1.807) is 0 Å². The Kier molecular flexibility index (Phi) is 2.59. The number of nitrogens with one attached hydrogen (secondary N) is 2. The van der Waals surface area contributed by atoms with Crippen LogP contribution in [0.3, 0.4) is 0 Å². The zero-order chi connectivity index (χ0) is 12.7. The molecule has 1 aromatic carbocycles. The minimum absolute atomic E-state index is 0.0599. The monoisotopic (exact) mass is 302 g/mol. The van der Waals surface area contributed by atoms with Crippen LogP contribution in [0, 0.1) is 6.92 Å². The molecular formula is C14H11BrN2O. The summed E-state index contributed by atoms with van der Waals surface area (Å²) < 4.78 is 0.964. The van der Waals surface area contributed by atoms with E-state index in [0.717, 1.165) is 27.0 Å². The van der Waals surface area contributed by atoms with Gasteiger partial charge in [0.2, 0.25) is 0 Å². The summed E-state index contributed by atoms with van der Waals surface area (Å²) in [5.74, 6) is -0.0599. The molecule has 90 valence electrons. The first-order chi connectivity index (χ1) is 8.63. The highest BCUT2D eigenvalue weighted by molar-refractivity contribution is 9.10. The minimum atomic E-state index is -0.0599. The van der Waals surface area contributed by atoms with Crippen LogP contribution in [0.5, 0.6) is 0 Å². The summed E-state index contributed by atoms with van der Waals surface area (Å²) in [5.41, 5.74) is 4.56. The van der Waals surface area contributed by atoms with Gasteiger partial charge in [0.05, 0.1) is 5.57 Å². The Morgan fingerprint density at radius 1 is 1.28 bits per heavy atom. The van der Waals surface area contributed by atoms with Crippen molar-refractivity contribution in [1.82, 2.24) is 4.98 Å². The average molecular weight is 303 g/mol. The molecule has 0 atom stereocenters. The summed E-state index contributed by atoms with van der Waals surface area (Å²) in [5, 5.41) is 2.86. The lowest BCUT2D eigenvalue weighted by Gasteiger charge is -1.98. The summed E-state index contributed by atoms with van der Waals surface area (Å²) in [6.45, 7) is 2.01.